The molecule has 1 N–H and O–H groups in total. The highest BCUT2D eigenvalue weighted by Crippen LogP contribution is 2.28. The van der Waals surface area contributed by atoms with Crippen molar-refractivity contribution in [1.82, 2.24) is 9.62 Å². The third-order valence-electron chi connectivity index (χ3n) is 6.99. The van der Waals surface area contributed by atoms with Crippen molar-refractivity contribution in [2.75, 3.05) is 37.1 Å². The number of nitrogens with one attached hydrogen (secondary N) is 1. The van der Waals surface area contributed by atoms with Crippen LogP contribution in [0.3, 0.4) is 0 Å². The van der Waals surface area contributed by atoms with Gasteiger partial charge in [0, 0.05) is 13.1 Å². The number of hydrogen-bond donors (Lipinski definition) is 1. The minimum Gasteiger partial charge on any atom is -0.492 e. The smallest absolute Gasteiger partial charge is 0.264 e. The largest absolute Gasteiger partial charge is 0.492 e. The Labute approximate surface area is 243 Å². The Kier molecular flexibility index (Phi) is 9.72. The van der Waals surface area contributed by atoms with E-state index in [0.29, 0.717) is 24.5 Å². The number of amides is 1. The number of nitrogens with zero attached hydrogens (tertiary/aromatic N) is 2. The summed E-state index contributed by atoms with van der Waals surface area (Å²) in [6, 6.07) is 18.2. The lowest BCUT2D eigenvalue weighted by atomic mass is 10.1. The SMILES string of the molecule is Cc1ccc(S(=O)(=O)N(CC(=O)NCCOc2ccc(S(=O)(=O)N3CCCCC3)cc2)c2ccc(C)cc2C)cc1. The minimum absolute atomic E-state index is 0.102. The summed E-state index contributed by atoms with van der Waals surface area (Å²) < 4.78 is 61.2. The molecule has 1 amide bonds. The molecule has 1 heterocycles. The number of carbonyl (C=O) groups is 1. The van der Waals surface area contributed by atoms with Gasteiger partial charge in [-0.1, -0.05) is 41.8 Å². The Morgan fingerprint density at radius 3 is 2.07 bits per heavy atom. The molecule has 41 heavy (non-hydrogen) atoms. The third-order valence-corrected chi connectivity index (χ3v) is 10.7. The van der Waals surface area contributed by atoms with E-state index < -0.39 is 32.5 Å². The number of anilines is 1. The Morgan fingerprint density at radius 2 is 1.44 bits per heavy atom. The van der Waals surface area contributed by atoms with Crippen molar-refractivity contribution in [3.8, 4) is 5.75 Å². The van der Waals surface area contributed by atoms with Gasteiger partial charge in [0.25, 0.3) is 10.0 Å². The lowest BCUT2D eigenvalue weighted by Crippen LogP contribution is -2.42. The van der Waals surface area contributed by atoms with Crippen LogP contribution in [-0.2, 0) is 24.8 Å². The molecule has 0 aromatic heterocycles. The average Bonchev–Trinajstić information content (AvgIpc) is 2.95. The van der Waals surface area contributed by atoms with E-state index in [0.717, 1.165) is 40.3 Å². The Balaban J connectivity index is 1.37. The highest BCUT2D eigenvalue weighted by Gasteiger charge is 2.28. The fourth-order valence-corrected chi connectivity index (χ4v) is 7.73. The fourth-order valence-electron chi connectivity index (χ4n) is 4.73. The molecule has 9 nitrogen and oxygen atoms in total. The summed E-state index contributed by atoms with van der Waals surface area (Å²) in [6.07, 6.45) is 2.78. The van der Waals surface area contributed by atoms with Gasteiger partial charge in [-0.15, -0.1) is 0 Å². The number of hydrogen-bond acceptors (Lipinski definition) is 6. The van der Waals surface area contributed by atoms with Crippen LogP contribution in [0.5, 0.6) is 5.75 Å². The molecule has 220 valence electrons. The van der Waals surface area contributed by atoms with E-state index in [1.165, 1.54) is 28.6 Å². The van der Waals surface area contributed by atoms with Gasteiger partial charge in [-0.3, -0.25) is 9.10 Å². The van der Waals surface area contributed by atoms with Crippen LogP contribution in [0, 0.1) is 20.8 Å². The molecule has 0 atom stereocenters. The molecule has 11 heteroatoms. The van der Waals surface area contributed by atoms with Gasteiger partial charge >= 0.3 is 0 Å². The second kappa shape index (κ2) is 13.1. The van der Waals surface area contributed by atoms with Crippen molar-refractivity contribution in [3.05, 3.63) is 83.4 Å². The maximum atomic E-state index is 13.6. The van der Waals surface area contributed by atoms with E-state index in [2.05, 4.69) is 5.32 Å². The first-order chi connectivity index (χ1) is 19.5. The van der Waals surface area contributed by atoms with Gasteiger partial charge in [0.2, 0.25) is 15.9 Å². The summed E-state index contributed by atoms with van der Waals surface area (Å²) in [5.41, 5.74) is 3.08. The highest BCUT2D eigenvalue weighted by atomic mass is 32.2. The second-order valence-electron chi connectivity index (χ2n) is 10.2. The van der Waals surface area contributed by atoms with E-state index in [9.17, 15) is 21.6 Å². The van der Waals surface area contributed by atoms with Gasteiger partial charge < -0.3 is 10.1 Å². The topological polar surface area (TPSA) is 113 Å². The zero-order valence-electron chi connectivity index (χ0n) is 23.7. The first kappa shape index (κ1) is 30.5. The Hall–Kier alpha value is -3.41. The Morgan fingerprint density at radius 1 is 0.829 bits per heavy atom. The number of benzene rings is 3. The lowest BCUT2D eigenvalue weighted by molar-refractivity contribution is -0.119. The number of aryl methyl sites for hydroxylation is 3. The summed E-state index contributed by atoms with van der Waals surface area (Å²) in [7, 11) is -7.53. The zero-order valence-corrected chi connectivity index (χ0v) is 25.3. The van der Waals surface area contributed by atoms with Gasteiger partial charge in [-0.05, 0) is 81.6 Å². The summed E-state index contributed by atoms with van der Waals surface area (Å²) in [4.78, 5) is 13.2. The number of rotatable bonds is 11. The molecule has 0 unspecified atom stereocenters. The monoisotopic (exact) mass is 599 g/mol. The van der Waals surface area contributed by atoms with Gasteiger partial charge in [0.1, 0.15) is 18.9 Å². The predicted molar refractivity (Wildman–Crippen MR) is 159 cm³/mol. The lowest BCUT2D eigenvalue weighted by Gasteiger charge is -2.26. The molecule has 3 aromatic carbocycles. The number of piperidine rings is 1. The van der Waals surface area contributed by atoms with Crippen molar-refractivity contribution in [3.63, 3.8) is 0 Å². The number of carbonyl (C=O) groups excluding carboxylic acids is 1. The van der Waals surface area contributed by atoms with Gasteiger partial charge in [0.15, 0.2) is 0 Å². The first-order valence-corrected chi connectivity index (χ1v) is 16.5. The number of ether oxygens (including phenoxy) is 1. The quantitative estimate of drug-likeness (QED) is 0.331. The van der Waals surface area contributed by atoms with Crippen LogP contribution in [0.25, 0.3) is 0 Å². The van der Waals surface area contributed by atoms with E-state index in [4.69, 9.17) is 4.74 Å². The summed E-state index contributed by atoms with van der Waals surface area (Å²) in [5.74, 6) is -0.0112. The molecule has 1 aliphatic rings. The molecule has 0 saturated carbocycles. The molecule has 3 aromatic rings. The van der Waals surface area contributed by atoms with E-state index >= 15 is 0 Å². The van der Waals surface area contributed by atoms with Crippen molar-refractivity contribution >= 4 is 31.6 Å². The van der Waals surface area contributed by atoms with Crippen LogP contribution in [0.4, 0.5) is 5.69 Å². The first-order valence-electron chi connectivity index (χ1n) is 13.6. The molecule has 1 saturated heterocycles. The van der Waals surface area contributed by atoms with Gasteiger partial charge in [0.05, 0.1) is 22.0 Å². The minimum atomic E-state index is -4.01. The molecule has 4 rings (SSSR count). The molecule has 0 spiro atoms. The summed E-state index contributed by atoms with van der Waals surface area (Å²) in [6.45, 7) is 6.54. The van der Waals surface area contributed by atoms with Crippen molar-refractivity contribution in [2.45, 2.75) is 49.8 Å². The fraction of sp³-hybridized carbons (Fsp3) is 0.367. The van der Waals surface area contributed by atoms with E-state index in [1.54, 1.807) is 30.3 Å². The van der Waals surface area contributed by atoms with E-state index in [1.807, 2.05) is 32.9 Å². The van der Waals surface area contributed by atoms with E-state index in [-0.39, 0.29) is 22.9 Å². The van der Waals surface area contributed by atoms with Crippen LogP contribution < -0.4 is 14.4 Å². The summed E-state index contributed by atoms with van der Waals surface area (Å²) in [5, 5.41) is 2.72. The van der Waals surface area contributed by atoms with Crippen molar-refractivity contribution < 1.29 is 26.4 Å². The van der Waals surface area contributed by atoms with Crippen LogP contribution in [-0.4, -0.2) is 59.8 Å². The standard InChI is InChI=1S/C30H37N3O6S2/c1-23-7-12-28(13-8-23)41(37,38)33(29-16-9-24(2)21-25(29)3)22-30(34)31-17-20-39-26-10-14-27(15-11-26)40(35,36)32-18-5-4-6-19-32/h7-16,21H,4-6,17-20,22H2,1-3H3,(H,31,34). The van der Waals surface area contributed by atoms with Crippen LogP contribution in [0.1, 0.15) is 36.0 Å². The molecular formula is C30H37N3O6S2. The van der Waals surface area contributed by atoms with Crippen LogP contribution >= 0.6 is 0 Å². The highest BCUT2D eigenvalue weighted by molar-refractivity contribution is 7.92. The van der Waals surface area contributed by atoms with Gasteiger partial charge in [-0.25, -0.2) is 16.8 Å². The third kappa shape index (κ3) is 7.46. The predicted octanol–water partition coefficient (Wildman–Crippen LogP) is 4.18. The molecule has 1 fully saturated rings. The molecular weight excluding hydrogens is 562 g/mol. The van der Waals surface area contributed by atoms with Crippen molar-refractivity contribution in [2.24, 2.45) is 0 Å². The molecule has 1 aliphatic heterocycles. The van der Waals surface area contributed by atoms with Gasteiger partial charge in [-0.2, -0.15) is 4.31 Å². The van der Waals surface area contributed by atoms with Crippen LogP contribution in [0.2, 0.25) is 0 Å². The van der Waals surface area contributed by atoms with Crippen molar-refractivity contribution in [1.29, 1.82) is 0 Å². The summed E-state index contributed by atoms with van der Waals surface area (Å²) >= 11 is 0. The normalized spacial score (nSPS) is 14.4. The maximum absolute atomic E-state index is 13.6. The average molecular weight is 600 g/mol. The molecule has 0 aliphatic carbocycles. The second-order valence-corrected chi connectivity index (χ2v) is 14.0. The number of sulfonamides is 2. The molecule has 0 bridgehead atoms. The molecule has 0 radical (unpaired) electrons. The maximum Gasteiger partial charge on any atom is 0.264 e. The zero-order chi connectivity index (χ0) is 29.6. The Bertz CT molecular complexity index is 1570. The van der Waals surface area contributed by atoms with Crippen LogP contribution in [0.15, 0.2) is 76.5 Å².